The van der Waals surface area contributed by atoms with Gasteiger partial charge < -0.3 is 21.1 Å². The molecule has 7 nitrogen and oxygen atoms in total. The fraction of sp³-hybridized carbons (Fsp3) is 0.364. The van der Waals surface area contributed by atoms with Gasteiger partial charge in [-0.2, -0.15) is 0 Å². The molecule has 0 radical (unpaired) electrons. The third-order valence-corrected chi connectivity index (χ3v) is 2.27. The quantitative estimate of drug-likeness (QED) is 0.476. The lowest BCUT2D eigenvalue weighted by Crippen LogP contribution is -2.49. The number of nitrogens with zero attached hydrogens (tertiary/aromatic N) is 1. The summed E-state index contributed by atoms with van der Waals surface area (Å²) >= 11 is 0. The van der Waals surface area contributed by atoms with Crippen LogP contribution in [0.15, 0.2) is 12.5 Å². The standard InChI is InChI=1S/C11H14N4O3/c1-2-3-8(12)10(16)15-9(11(17)18)4-7-5-13-6-14-7/h1,5-6,8-9H,3-4,12H2,(H,13,14)(H,15,16)(H,17,18)/t8?,9-/m1/s1. The number of carbonyl (C=O) groups is 2. The minimum Gasteiger partial charge on any atom is -0.480 e. The van der Waals surface area contributed by atoms with Crippen molar-refractivity contribution in [2.75, 3.05) is 0 Å². The number of rotatable bonds is 6. The first-order valence-electron chi connectivity index (χ1n) is 5.24. The van der Waals surface area contributed by atoms with Gasteiger partial charge in [0.25, 0.3) is 0 Å². The SMILES string of the molecule is C#CCC(N)C(=O)N[C@H](Cc1cnc[nH]1)C(=O)O. The number of imidazole rings is 1. The van der Waals surface area contributed by atoms with Crippen LogP contribution in [0.4, 0.5) is 0 Å². The van der Waals surface area contributed by atoms with Crippen LogP contribution in [0.3, 0.4) is 0 Å². The van der Waals surface area contributed by atoms with E-state index < -0.39 is 24.0 Å². The second-order valence-electron chi connectivity index (χ2n) is 3.70. The van der Waals surface area contributed by atoms with Gasteiger partial charge in [0.2, 0.25) is 5.91 Å². The highest BCUT2D eigenvalue weighted by Gasteiger charge is 2.23. The zero-order valence-electron chi connectivity index (χ0n) is 9.59. The van der Waals surface area contributed by atoms with Crippen LogP contribution in [-0.4, -0.2) is 39.0 Å². The van der Waals surface area contributed by atoms with Gasteiger partial charge in [0, 0.05) is 24.7 Å². The van der Waals surface area contributed by atoms with Crippen molar-refractivity contribution in [2.24, 2.45) is 5.73 Å². The molecule has 1 aromatic rings. The first kappa shape index (κ1) is 13.7. The van der Waals surface area contributed by atoms with E-state index >= 15 is 0 Å². The predicted molar refractivity (Wildman–Crippen MR) is 63.3 cm³/mol. The van der Waals surface area contributed by atoms with Gasteiger partial charge in [0.1, 0.15) is 6.04 Å². The lowest BCUT2D eigenvalue weighted by Gasteiger charge is -2.16. The van der Waals surface area contributed by atoms with Crippen LogP contribution < -0.4 is 11.1 Å². The van der Waals surface area contributed by atoms with E-state index in [9.17, 15) is 9.59 Å². The number of nitrogens with two attached hydrogens (primary N) is 1. The molecule has 18 heavy (non-hydrogen) atoms. The number of aromatic nitrogens is 2. The van der Waals surface area contributed by atoms with Crippen LogP contribution in [0.1, 0.15) is 12.1 Å². The zero-order chi connectivity index (χ0) is 13.5. The molecule has 1 aromatic heterocycles. The highest BCUT2D eigenvalue weighted by Crippen LogP contribution is 1.99. The van der Waals surface area contributed by atoms with Gasteiger partial charge in [-0.15, -0.1) is 12.3 Å². The van der Waals surface area contributed by atoms with Crippen molar-refractivity contribution in [1.29, 1.82) is 0 Å². The molecular weight excluding hydrogens is 236 g/mol. The third kappa shape index (κ3) is 3.92. The summed E-state index contributed by atoms with van der Waals surface area (Å²) in [6.07, 6.45) is 8.11. The number of amides is 1. The van der Waals surface area contributed by atoms with Crippen LogP contribution in [-0.2, 0) is 16.0 Å². The molecule has 1 amide bonds. The number of hydrogen-bond donors (Lipinski definition) is 4. The molecular formula is C11H14N4O3. The minimum absolute atomic E-state index is 0.0578. The van der Waals surface area contributed by atoms with Gasteiger partial charge in [0.05, 0.1) is 12.4 Å². The summed E-state index contributed by atoms with van der Waals surface area (Å²) in [5.74, 6) is 0.516. The van der Waals surface area contributed by atoms with E-state index in [1.54, 1.807) is 0 Å². The van der Waals surface area contributed by atoms with Crippen molar-refractivity contribution in [1.82, 2.24) is 15.3 Å². The Bertz CT molecular complexity index is 449. The lowest BCUT2D eigenvalue weighted by molar-refractivity contribution is -0.142. The highest BCUT2D eigenvalue weighted by atomic mass is 16.4. The number of carboxylic acid groups (broad SMARTS) is 1. The Labute approximate surface area is 104 Å². The molecule has 0 fully saturated rings. The Morgan fingerprint density at radius 2 is 2.39 bits per heavy atom. The molecule has 0 aliphatic carbocycles. The smallest absolute Gasteiger partial charge is 0.326 e. The molecule has 0 saturated heterocycles. The molecule has 1 heterocycles. The van der Waals surface area contributed by atoms with E-state index in [4.69, 9.17) is 17.3 Å². The predicted octanol–water partition coefficient (Wildman–Crippen LogP) is -1.13. The maximum Gasteiger partial charge on any atom is 0.326 e. The largest absolute Gasteiger partial charge is 0.480 e. The third-order valence-electron chi connectivity index (χ3n) is 2.27. The highest BCUT2D eigenvalue weighted by molar-refractivity contribution is 5.87. The maximum absolute atomic E-state index is 11.6. The van der Waals surface area contributed by atoms with Gasteiger partial charge in [-0.05, 0) is 0 Å². The van der Waals surface area contributed by atoms with Crippen LogP contribution >= 0.6 is 0 Å². The molecule has 0 bridgehead atoms. The first-order chi connectivity index (χ1) is 8.54. The lowest BCUT2D eigenvalue weighted by atomic mass is 10.1. The van der Waals surface area contributed by atoms with Crippen molar-refractivity contribution in [2.45, 2.75) is 24.9 Å². The average Bonchev–Trinajstić information content (AvgIpc) is 2.81. The molecule has 0 aromatic carbocycles. The Hall–Kier alpha value is -2.33. The molecule has 0 aliphatic rings. The van der Waals surface area contributed by atoms with E-state index in [0.29, 0.717) is 5.69 Å². The van der Waals surface area contributed by atoms with Crippen molar-refractivity contribution in [3.05, 3.63) is 18.2 Å². The molecule has 0 saturated carbocycles. The maximum atomic E-state index is 11.6. The van der Waals surface area contributed by atoms with Gasteiger partial charge in [0.15, 0.2) is 0 Å². The molecule has 0 spiro atoms. The molecule has 1 unspecified atom stereocenters. The zero-order valence-corrected chi connectivity index (χ0v) is 9.59. The summed E-state index contributed by atoms with van der Waals surface area (Å²) in [6.45, 7) is 0. The summed E-state index contributed by atoms with van der Waals surface area (Å²) in [7, 11) is 0. The van der Waals surface area contributed by atoms with E-state index in [1.165, 1.54) is 12.5 Å². The van der Waals surface area contributed by atoms with E-state index in [-0.39, 0.29) is 12.8 Å². The second kappa shape index (κ2) is 6.42. The van der Waals surface area contributed by atoms with Crippen LogP contribution in [0.2, 0.25) is 0 Å². The van der Waals surface area contributed by atoms with Gasteiger partial charge >= 0.3 is 5.97 Å². The van der Waals surface area contributed by atoms with E-state index in [2.05, 4.69) is 21.2 Å². The second-order valence-corrected chi connectivity index (χ2v) is 3.70. The number of nitrogens with one attached hydrogen (secondary N) is 2. The number of carboxylic acids is 1. The van der Waals surface area contributed by atoms with Crippen molar-refractivity contribution in [3.8, 4) is 12.3 Å². The number of terminal acetylenes is 1. The van der Waals surface area contributed by atoms with Crippen LogP contribution in [0.25, 0.3) is 0 Å². The molecule has 1 rings (SSSR count). The summed E-state index contributed by atoms with van der Waals surface area (Å²) < 4.78 is 0. The summed E-state index contributed by atoms with van der Waals surface area (Å²) in [6, 6.07) is -1.97. The molecule has 7 heteroatoms. The Morgan fingerprint density at radius 3 is 2.89 bits per heavy atom. The first-order valence-corrected chi connectivity index (χ1v) is 5.24. The van der Waals surface area contributed by atoms with Gasteiger partial charge in [-0.1, -0.05) is 0 Å². The number of H-pyrrole nitrogens is 1. The number of carbonyl (C=O) groups excluding carboxylic acids is 1. The van der Waals surface area contributed by atoms with E-state index in [0.717, 1.165) is 0 Å². The number of aromatic amines is 1. The molecule has 0 aliphatic heterocycles. The van der Waals surface area contributed by atoms with Crippen molar-refractivity contribution < 1.29 is 14.7 Å². The topological polar surface area (TPSA) is 121 Å². The van der Waals surface area contributed by atoms with Gasteiger partial charge in [-0.3, -0.25) is 4.79 Å². The molecule has 5 N–H and O–H groups in total. The Morgan fingerprint density at radius 1 is 1.67 bits per heavy atom. The Kier molecular flexibility index (Phi) is 4.90. The monoisotopic (exact) mass is 250 g/mol. The normalized spacial score (nSPS) is 13.3. The fourth-order valence-electron chi connectivity index (χ4n) is 1.31. The molecule has 2 atom stereocenters. The van der Waals surface area contributed by atoms with E-state index in [1.807, 2.05) is 0 Å². The van der Waals surface area contributed by atoms with Crippen LogP contribution in [0.5, 0.6) is 0 Å². The summed E-state index contributed by atoms with van der Waals surface area (Å²) in [5, 5.41) is 11.3. The van der Waals surface area contributed by atoms with Crippen molar-refractivity contribution >= 4 is 11.9 Å². The van der Waals surface area contributed by atoms with Crippen molar-refractivity contribution in [3.63, 3.8) is 0 Å². The average molecular weight is 250 g/mol. The number of aliphatic carboxylic acids is 1. The minimum atomic E-state index is -1.15. The fourth-order valence-corrected chi connectivity index (χ4v) is 1.31. The Balaban J connectivity index is 2.61. The summed E-state index contributed by atoms with van der Waals surface area (Å²) in [5.41, 5.74) is 6.09. The molecule has 96 valence electrons. The summed E-state index contributed by atoms with van der Waals surface area (Å²) in [4.78, 5) is 29.1. The number of hydrogen-bond acceptors (Lipinski definition) is 4. The van der Waals surface area contributed by atoms with Gasteiger partial charge in [-0.25, -0.2) is 9.78 Å². The van der Waals surface area contributed by atoms with Crippen LogP contribution in [0, 0.1) is 12.3 Å².